The van der Waals surface area contributed by atoms with E-state index in [-0.39, 0.29) is 0 Å². The van der Waals surface area contributed by atoms with Gasteiger partial charge in [0.1, 0.15) is 0 Å². The number of fused-ring (bicyclic) bond motifs is 1. The highest BCUT2D eigenvalue weighted by atomic mass is 14.8. The maximum absolute atomic E-state index is 4.63. The molecule has 0 aliphatic carbocycles. The smallest absolute Gasteiger partial charge is 0.213 e. The average molecular weight is 185 g/mol. The first-order valence-corrected chi connectivity index (χ1v) is 5.15. The Labute approximate surface area is 86.5 Å². The number of aliphatic imine (C=N–C) groups is 1. The molecule has 2 heteroatoms. The summed E-state index contributed by atoms with van der Waals surface area (Å²) in [7, 11) is 1.04. The summed E-state index contributed by atoms with van der Waals surface area (Å²) in [5.41, 5.74) is 9.57. The number of benzene rings is 1. The van der Waals surface area contributed by atoms with Gasteiger partial charge in [-0.15, -0.1) is 0 Å². The highest BCUT2D eigenvalue weighted by molar-refractivity contribution is 6.88. The predicted molar refractivity (Wildman–Crippen MR) is 64.9 cm³/mol. The second kappa shape index (κ2) is 2.98. The Morgan fingerprint density at radius 3 is 2.00 bits per heavy atom. The molecule has 72 valence electrons. The van der Waals surface area contributed by atoms with Crippen LogP contribution in [0.3, 0.4) is 0 Å². The van der Waals surface area contributed by atoms with E-state index >= 15 is 0 Å². The summed E-state index contributed by atoms with van der Waals surface area (Å²) >= 11 is 0. The van der Waals surface area contributed by atoms with Gasteiger partial charge in [0.2, 0.25) is 7.28 Å². The molecular weight excluding hydrogens is 169 g/mol. The van der Waals surface area contributed by atoms with E-state index in [1.165, 1.54) is 39.0 Å². The van der Waals surface area contributed by atoms with Gasteiger partial charge in [-0.25, -0.2) is 0 Å². The van der Waals surface area contributed by atoms with E-state index in [0.717, 1.165) is 7.28 Å². The van der Waals surface area contributed by atoms with Gasteiger partial charge in [0.25, 0.3) is 0 Å². The molecule has 0 unspecified atom stereocenters. The molecule has 1 nitrogen and oxygen atoms in total. The van der Waals surface area contributed by atoms with Crippen molar-refractivity contribution >= 4 is 24.0 Å². The van der Waals surface area contributed by atoms with E-state index in [1.54, 1.807) is 0 Å². The Bertz CT molecular complexity index is 444. The Kier molecular flexibility index (Phi) is 2.02. The molecule has 0 saturated carbocycles. The summed E-state index contributed by atoms with van der Waals surface area (Å²) in [6.07, 6.45) is 0. The molecule has 2 rings (SSSR count). The van der Waals surface area contributed by atoms with E-state index in [1.807, 2.05) is 0 Å². The normalized spacial score (nSPS) is 13.6. The SMILES string of the molecule is CC1=Nc2c(C)c(C)c(C)c(C)c2B1. The second-order valence-electron chi connectivity index (χ2n) is 4.35. The first-order valence-electron chi connectivity index (χ1n) is 5.15. The lowest BCUT2D eigenvalue weighted by Crippen LogP contribution is -2.21. The molecule has 1 aliphatic heterocycles. The Morgan fingerprint density at radius 2 is 1.36 bits per heavy atom. The fourth-order valence-electron chi connectivity index (χ4n) is 2.22. The topological polar surface area (TPSA) is 12.4 Å². The lowest BCUT2D eigenvalue weighted by molar-refractivity contribution is 1.22. The molecule has 1 aliphatic rings. The van der Waals surface area contributed by atoms with Gasteiger partial charge in [-0.2, -0.15) is 0 Å². The average Bonchev–Trinajstić information content (AvgIpc) is 2.54. The monoisotopic (exact) mass is 185 g/mol. The maximum atomic E-state index is 4.63. The van der Waals surface area contributed by atoms with Crippen LogP contribution in [0, 0.1) is 27.7 Å². The molecule has 0 radical (unpaired) electrons. The van der Waals surface area contributed by atoms with Crippen LogP contribution in [0.15, 0.2) is 4.99 Å². The fourth-order valence-corrected chi connectivity index (χ4v) is 2.22. The van der Waals surface area contributed by atoms with E-state index in [0.29, 0.717) is 0 Å². The zero-order chi connectivity index (χ0) is 10.5. The maximum Gasteiger partial charge on any atom is 0.213 e. The third kappa shape index (κ3) is 1.13. The minimum Gasteiger partial charge on any atom is -0.268 e. The Balaban J connectivity index is 2.78. The summed E-state index contributed by atoms with van der Waals surface area (Å²) in [5.74, 6) is 0. The van der Waals surface area contributed by atoms with Crippen LogP contribution < -0.4 is 5.46 Å². The van der Waals surface area contributed by atoms with Crippen molar-refractivity contribution in [3.63, 3.8) is 0 Å². The van der Waals surface area contributed by atoms with Gasteiger partial charge in [0.15, 0.2) is 0 Å². The van der Waals surface area contributed by atoms with E-state index in [2.05, 4.69) is 39.6 Å². The van der Waals surface area contributed by atoms with Gasteiger partial charge >= 0.3 is 0 Å². The van der Waals surface area contributed by atoms with Crippen molar-refractivity contribution in [2.45, 2.75) is 34.6 Å². The molecule has 1 aromatic rings. The second-order valence-corrected chi connectivity index (χ2v) is 4.35. The fraction of sp³-hybridized carbons (Fsp3) is 0.417. The third-order valence-electron chi connectivity index (χ3n) is 3.52. The van der Waals surface area contributed by atoms with Crippen molar-refractivity contribution in [2.75, 3.05) is 0 Å². The molecule has 1 heterocycles. The predicted octanol–water partition coefficient (Wildman–Crippen LogP) is 2.05. The van der Waals surface area contributed by atoms with Crippen LogP contribution in [-0.4, -0.2) is 12.9 Å². The van der Waals surface area contributed by atoms with Gasteiger partial charge in [0, 0.05) is 0 Å². The number of rotatable bonds is 0. The van der Waals surface area contributed by atoms with Crippen molar-refractivity contribution in [3.8, 4) is 0 Å². The molecule has 0 spiro atoms. The summed E-state index contributed by atoms with van der Waals surface area (Å²) in [6.45, 7) is 10.9. The molecule has 0 N–H and O–H groups in total. The molecule has 0 bridgehead atoms. The standard InChI is InChI=1S/C12H16BN/c1-6-7(2)9(4)12-11(8(6)3)13-10(5)14-12/h13H,1-5H3. The molecular formula is C12H16BN. The Morgan fingerprint density at radius 1 is 0.786 bits per heavy atom. The van der Waals surface area contributed by atoms with Crippen LogP contribution in [0.2, 0.25) is 0 Å². The van der Waals surface area contributed by atoms with Crippen LogP contribution in [0.5, 0.6) is 0 Å². The number of hydrogen-bond acceptors (Lipinski definition) is 1. The third-order valence-corrected chi connectivity index (χ3v) is 3.52. The first kappa shape index (κ1) is 9.51. The summed E-state index contributed by atoms with van der Waals surface area (Å²) in [4.78, 5) is 4.63. The first-order chi connectivity index (χ1) is 6.52. The van der Waals surface area contributed by atoms with Crippen LogP contribution in [0.1, 0.15) is 29.2 Å². The zero-order valence-corrected chi connectivity index (χ0v) is 9.65. The van der Waals surface area contributed by atoms with Crippen molar-refractivity contribution in [1.29, 1.82) is 0 Å². The minimum atomic E-state index is 1.04. The number of hydrogen-bond donors (Lipinski definition) is 0. The largest absolute Gasteiger partial charge is 0.268 e. The van der Waals surface area contributed by atoms with Gasteiger partial charge in [-0.1, -0.05) is 5.56 Å². The molecule has 14 heavy (non-hydrogen) atoms. The molecule has 0 amide bonds. The van der Waals surface area contributed by atoms with Gasteiger partial charge in [-0.05, 0) is 62.4 Å². The molecule has 0 fully saturated rings. The lowest BCUT2D eigenvalue weighted by atomic mass is 9.65. The van der Waals surface area contributed by atoms with Crippen molar-refractivity contribution in [2.24, 2.45) is 4.99 Å². The van der Waals surface area contributed by atoms with Crippen LogP contribution in [0.25, 0.3) is 0 Å². The van der Waals surface area contributed by atoms with Crippen molar-refractivity contribution in [1.82, 2.24) is 0 Å². The van der Waals surface area contributed by atoms with Crippen molar-refractivity contribution in [3.05, 3.63) is 22.3 Å². The van der Waals surface area contributed by atoms with E-state index in [4.69, 9.17) is 0 Å². The van der Waals surface area contributed by atoms with Crippen molar-refractivity contribution < 1.29 is 0 Å². The highest BCUT2D eigenvalue weighted by Gasteiger charge is 2.20. The van der Waals surface area contributed by atoms with Crippen LogP contribution >= 0.6 is 0 Å². The van der Waals surface area contributed by atoms with Crippen LogP contribution in [-0.2, 0) is 0 Å². The van der Waals surface area contributed by atoms with Gasteiger partial charge in [0.05, 0.1) is 5.69 Å². The minimum absolute atomic E-state index is 1.04. The van der Waals surface area contributed by atoms with Gasteiger partial charge in [-0.3, -0.25) is 4.99 Å². The van der Waals surface area contributed by atoms with E-state index in [9.17, 15) is 0 Å². The molecule has 1 aromatic carbocycles. The molecule has 0 saturated heterocycles. The Hall–Kier alpha value is -1.05. The molecule has 0 aromatic heterocycles. The summed E-state index contributed by atoms with van der Waals surface area (Å²) in [6, 6.07) is 0. The molecule has 0 atom stereocenters. The highest BCUT2D eigenvalue weighted by Crippen LogP contribution is 2.27. The quantitative estimate of drug-likeness (QED) is 0.548. The van der Waals surface area contributed by atoms with E-state index < -0.39 is 0 Å². The lowest BCUT2D eigenvalue weighted by Gasteiger charge is -2.14. The number of nitrogens with zero attached hydrogens (tertiary/aromatic N) is 1. The summed E-state index contributed by atoms with van der Waals surface area (Å²) in [5, 5.41) is 0. The van der Waals surface area contributed by atoms with Crippen LogP contribution in [0.4, 0.5) is 5.69 Å². The van der Waals surface area contributed by atoms with Gasteiger partial charge < -0.3 is 0 Å². The summed E-state index contributed by atoms with van der Waals surface area (Å²) < 4.78 is 0. The zero-order valence-electron chi connectivity index (χ0n) is 9.65.